The van der Waals surface area contributed by atoms with Gasteiger partial charge in [0, 0.05) is 87.9 Å². The Morgan fingerprint density at radius 1 is 0.864 bits per heavy atom. The molecule has 346 valence electrons. The van der Waals surface area contributed by atoms with Crippen molar-refractivity contribution in [1.82, 2.24) is 35.2 Å². The van der Waals surface area contributed by atoms with E-state index in [1.807, 2.05) is 94.0 Å². The van der Waals surface area contributed by atoms with Crippen LogP contribution in [0, 0.1) is 5.82 Å². The lowest BCUT2D eigenvalue weighted by atomic mass is 9.98. The lowest BCUT2D eigenvalue weighted by Crippen LogP contribution is -2.54. The van der Waals surface area contributed by atoms with Crippen molar-refractivity contribution in [2.45, 2.75) is 105 Å². The van der Waals surface area contributed by atoms with Crippen molar-refractivity contribution in [3.63, 3.8) is 0 Å². The van der Waals surface area contributed by atoms with Crippen molar-refractivity contribution in [2.24, 2.45) is 0 Å². The molecule has 0 spiro atoms. The zero-order chi connectivity index (χ0) is 46.5. The van der Waals surface area contributed by atoms with Crippen molar-refractivity contribution in [1.29, 1.82) is 0 Å². The Hall–Kier alpha value is -6.38. The highest BCUT2D eigenvalue weighted by atomic mass is 19.1. The molecule has 13 nitrogen and oxygen atoms in total. The number of hydrogen-bond donors (Lipinski definition) is 3. The number of nitrogens with zero attached hydrogens (tertiary/aromatic N) is 5. The van der Waals surface area contributed by atoms with Gasteiger partial charge >= 0.3 is 6.09 Å². The van der Waals surface area contributed by atoms with Crippen molar-refractivity contribution in [3.05, 3.63) is 124 Å². The fraction of sp³-hybridized carbons (Fsp3) is 0.404. The molecular weight excluding hydrogens is 836 g/mol. The summed E-state index contributed by atoms with van der Waals surface area (Å²) >= 11 is 0. The second-order valence-electron chi connectivity index (χ2n) is 18.4. The summed E-state index contributed by atoms with van der Waals surface area (Å²) in [6.07, 6.45) is 3.91. The average molecular weight is 897 g/mol. The summed E-state index contributed by atoms with van der Waals surface area (Å²) in [6.45, 7) is 16.6. The van der Waals surface area contributed by atoms with Crippen LogP contribution < -0.4 is 16.0 Å². The molecule has 6 aromatic rings. The molecule has 1 atom stereocenters. The van der Waals surface area contributed by atoms with Gasteiger partial charge in [-0.2, -0.15) is 5.10 Å². The van der Waals surface area contributed by atoms with Gasteiger partial charge in [-0.1, -0.05) is 55.5 Å². The number of hydrogen-bond acceptors (Lipinski definition) is 9. The monoisotopic (exact) mass is 896 g/mol. The number of piperazine rings is 1. The first-order chi connectivity index (χ1) is 31.8. The van der Waals surface area contributed by atoms with Gasteiger partial charge in [0.25, 0.3) is 11.8 Å². The second-order valence-corrected chi connectivity index (χ2v) is 18.4. The first-order valence-corrected chi connectivity index (χ1v) is 23.2. The van der Waals surface area contributed by atoms with Gasteiger partial charge in [-0.15, -0.1) is 0 Å². The van der Waals surface area contributed by atoms with Crippen LogP contribution in [-0.2, 0) is 42.1 Å². The minimum Gasteiger partial charge on any atom is -0.444 e. The number of benzene rings is 4. The van der Waals surface area contributed by atoms with E-state index in [9.17, 15) is 14.4 Å². The number of pyridine rings is 1. The standard InChI is InChI=1S/C52H61FN8O5/c1-7-46-43(47(57-39-18-22-65-23-19-39)44-30-56-61(8-2)48(44)58-46)29-55-50(63)42-27-37-14-10-9-13-36(37)26-41(42)49(62)54-28-34-16-17-45(53)40(25-34)38-15-11-12-35(24-38)32-59-20-21-60(33(3)31-59)51(64)66-52(4,5)6/h9-17,24-27,30,33,39H,7-8,18-23,28-29,31-32H2,1-6H3,(H,54,62)(H,55,63)(H,57,58)/t33-/m0/s1. The third-order valence-corrected chi connectivity index (χ3v) is 12.4. The van der Waals surface area contributed by atoms with Crippen LogP contribution in [-0.4, -0.2) is 93.0 Å². The van der Waals surface area contributed by atoms with E-state index in [0.717, 1.165) is 62.7 Å². The topological polar surface area (TPSA) is 143 Å². The van der Waals surface area contributed by atoms with Gasteiger partial charge in [0.2, 0.25) is 0 Å². The molecule has 2 fully saturated rings. The SMILES string of the molecule is CCc1nc2c(cnn2CC)c(NC2CCOCC2)c1CNC(=O)c1cc2ccccc2cc1C(=O)NCc1ccc(F)c(-c2cccc(CN3CCN(C(=O)OC(C)(C)C)[C@@H](C)C3)c2)c1. The Morgan fingerprint density at radius 3 is 2.24 bits per heavy atom. The molecule has 0 aliphatic carbocycles. The number of halogens is 1. The molecule has 0 saturated carbocycles. The van der Waals surface area contributed by atoms with E-state index in [1.165, 1.54) is 6.07 Å². The predicted molar refractivity (Wildman–Crippen MR) is 256 cm³/mol. The number of nitrogens with one attached hydrogen (secondary N) is 3. The molecular formula is C52H61FN8O5. The van der Waals surface area contributed by atoms with Crippen molar-refractivity contribution >= 4 is 45.4 Å². The van der Waals surface area contributed by atoms with E-state index in [0.29, 0.717) is 63.5 Å². The summed E-state index contributed by atoms with van der Waals surface area (Å²) in [5.74, 6) is -1.19. The van der Waals surface area contributed by atoms with Crippen LogP contribution in [0.5, 0.6) is 0 Å². The zero-order valence-electron chi connectivity index (χ0n) is 38.9. The molecule has 4 heterocycles. The number of carbonyl (C=O) groups excluding carboxylic acids is 3. The zero-order valence-corrected chi connectivity index (χ0v) is 38.9. The van der Waals surface area contributed by atoms with Gasteiger partial charge in [-0.3, -0.25) is 14.5 Å². The van der Waals surface area contributed by atoms with Crippen LogP contribution in [0.15, 0.2) is 85.1 Å². The number of amides is 3. The molecule has 0 unspecified atom stereocenters. The molecule has 66 heavy (non-hydrogen) atoms. The van der Waals surface area contributed by atoms with Gasteiger partial charge in [-0.05, 0) is 112 Å². The average Bonchev–Trinajstić information content (AvgIpc) is 3.73. The molecule has 4 aromatic carbocycles. The van der Waals surface area contributed by atoms with Crippen LogP contribution in [0.25, 0.3) is 32.9 Å². The summed E-state index contributed by atoms with van der Waals surface area (Å²) in [7, 11) is 0. The Labute approximate surface area is 386 Å². The van der Waals surface area contributed by atoms with Gasteiger partial charge in [0.05, 0.1) is 28.4 Å². The van der Waals surface area contributed by atoms with Gasteiger partial charge < -0.3 is 30.3 Å². The summed E-state index contributed by atoms with van der Waals surface area (Å²) in [6, 6.07) is 24.0. The molecule has 14 heteroatoms. The molecule has 2 saturated heterocycles. The molecule has 2 aliphatic heterocycles. The van der Waals surface area contributed by atoms with Crippen LogP contribution >= 0.6 is 0 Å². The van der Waals surface area contributed by atoms with E-state index in [-0.39, 0.29) is 48.2 Å². The van der Waals surface area contributed by atoms with E-state index >= 15 is 4.39 Å². The van der Waals surface area contributed by atoms with E-state index in [1.54, 1.807) is 29.2 Å². The predicted octanol–water partition coefficient (Wildman–Crippen LogP) is 8.87. The summed E-state index contributed by atoms with van der Waals surface area (Å²) in [4.78, 5) is 50.4. The van der Waals surface area contributed by atoms with Crippen molar-refractivity contribution in [2.75, 3.05) is 38.2 Å². The maximum Gasteiger partial charge on any atom is 0.410 e. The van der Waals surface area contributed by atoms with Gasteiger partial charge in [0.15, 0.2) is 5.65 Å². The highest BCUT2D eigenvalue weighted by Gasteiger charge is 2.31. The Morgan fingerprint density at radius 2 is 1.58 bits per heavy atom. The maximum absolute atomic E-state index is 15.6. The quantitative estimate of drug-likeness (QED) is 0.104. The van der Waals surface area contributed by atoms with Crippen LogP contribution in [0.3, 0.4) is 0 Å². The van der Waals surface area contributed by atoms with Crippen LogP contribution in [0.1, 0.15) is 97.5 Å². The number of ether oxygens (including phenoxy) is 2. The fourth-order valence-corrected chi connectivity index (χ4v) is 9.03. The van der Waals surface area contributed by atoms with Crippen molar-refractivity contribution in [3.8, 4) is 11.1 Å². The van der Waals surface area contributed by atoms with E-state index < -0.39 is 17.4 Å². The van der Waals surface area contributed by atoms with Gasteiger partial charge in [0.1, 0.15) is 11.4 Å². The second kappa shape index (κ2) is 20.0. The number of anilines is 1. The van der Waals surface area contributed by atoms with E-state index in [2.05, 4.69) is 32.9 Å². The van der Waals surface area contributed by atoms with Gasteiger partial charge in [-0.25, -0.2) is 18.9 Å². The summed E-state index contributed by atoms with van der Waals surface area (Å²) in [5.41, 5.74) is 6.24. The molecule has 8 rings (SSSR count). The normalized spacial score (nSPS) is 16.1. The van der Waals surface area contributed by atoms with Crippen LogP contribution in [0.4, 0.5) is 14.9 Å². The molecule has 2 aliphatic rings. The third-order valence-electron chi connectivity index (χ3n) is 12.4. The first kappa shape index (κ1) is 46.2. The molecule has 3 N–H and O–H groups in total. The minimum absolute atomic E-state index is 0.0242. The van der Waals surface area contributed by atoms with E-state index in [4.69, 9.17) is 14.5 Å². The van der Waals surface area contributed by atoms with Crippen molar-refractivity contribution < 1.29 is 28.2 Å². The molecule has 3 amide bonds. The highest BCUT2D eigenvalue weighted by molar-refractivity contribution is 6.10. The number of aryl methyl sites for hydroxylation is 2. The third kappa shape index (κ3) is 10.5. The number of aromatic nitrogens is 3. The summed E-state index contributed by atoms with van der Waals surface area (Å²) in [5, 5.41) is 17.1. The minimum atomic E-state index is -0.560. The lowest BCUT2D eigenvalue weighted by molar-refractivity contribution is 0.000540. The molecule has 2 aromatic heterocycles. The number of fused-ring (bicyclic) bond motifs is 2. The van der Waals surface area contributed by atoms with Crippen LogP contribution in [0.2, 0.25) is 0 Å². The largest absolute Gasteiger partial charge is 0.444 e. The lowest BCUT2D eigenvalue weighted by Gasteiger charge is -2.40. The Bertz CT molecular complexity index is 2740. The molecule has 0 bridgehead atoms. The maximum atomic E-state index is 15.6. The fourth-order valence-electron chi connectivity index (χ4n) is 9.03. The molecule has 0 radical (unpaired) electrons. The smallest absolute Gasteiger partial charge is 0.410 e. The Balaban J connectivity index is 0.982. The number of carbonyl (C=O) groups is 3. The summed E-state index contributed by atoms with van der Waals surface area (Å²) < 4.78 is 28.7. The highest BCUT2D eigenvalue weighted by Crippen LogP contribution is 2.32. The first-order valence-electron chi connectivity index (χ1n) is 23.2. The number of rotatable bonds is 13. The Kier molecular flexibility index (Phi) is 14.0.